The van der Waals surface area contributed by atoms with Crippen molar-refractivity contribution in [2.75, 3.05) is 18.1 Å². The number of nitrogens with zero attached hydrogens (tertiary/aromatic N) is 1. The molecule has 0 aliphatic heterocycles. The fraction of sp³-hybridized carbons (Fsp3) is 0.206. The average molecular weight is 671 g/mol. The highest BCUT2D eigenvalue weighted by Gasteiger charge is 2.34. The van der Waals surface area contributed by atoms with Crippen molar-refractivity contribution in [1.82, 2.24) is 5.32 Å². The van der Waals surface area contributed by atoms with Crippen molar-refractivity contribution in [2.45, 2.75) is 31.0 Å². The van der Waals surface area contributed by atoms with E-state index in [9.17, 15) is 32.7 Å². The quantitative estimate of drug-likeness (QED) is 0.178. The van der Waals surface area contributed by atoms with E-state index in [1.54, 1.807) is 0 Å². The molecule has 0 heterocycles. The first-order valence-electron chi connectivity index (χ1n) is 14.2. The highest BCUT2D eigenvalue weighted by Crippen LogP contribution is 2.44. The standard InChI is InChI=1S/C34H27Cl2F3N2O5/c35-21-11-13-22(14-12-21)41(18-31(42)43)32(44)30(16-10-20-9-15-28(29(36)17-20)34(37,38)39)40-33(45)46-19-27-25-7-3-1-5-23(25)24-6-2-4-8-26(24)27/h1-9,11-15,17,27,30H,10,16,18-19H2,(H,40,45)(H,42,43). The number of halogens is 5. The molecule has 0 fully saturated rings. The minimum Gasteiger partial charge on any atom is -0.480 e. The maximum absolute atomic E-state index is 13.8. The molecule has 2 amide bonds. The highest BCUT2D eigenvalue weighted by atomic mass is 35.5. The minimum absolute atomic E-state index is 0.0272. The average Bonchev–Trinajstić information content (AvgIpc) is 3.34. The minimum atomic E-state index is -4.64. The molecule has 0 aromatic heterocycles. The zero-order chi connectivity index (χ0) is 33.0. The third-order valence-electron chi connectivity index (χ3n) is 7.69. The number of anilines is 1. The molecule has 7 nitrogen and oxygen atoms in total. The first-order chi connectivity index (χ1) is 21.9. The van der Waals surface area contributed by atoms with Gasteiger partial charge >= 0.3 is 18.2 Å². The zero-order valence-corrected chi connectivity index (χ0v) is 25.6. The Bertz CT molecular complexity index is 1720. The Hall–Kier alpha value is -4.54. The number of aryl methyl sites for hydroxylation is 1. The van der Waals surface area contributed by atoms with Crippen LogP contribution in [0.4, 0.5) is 23.7 Å². The summed E-state index contributed by atoms with van der Waals surface area (Å²) in [5, 5.41) is 12.0. The second-order valence-corrected chi connectivity index (χ2v) is 11.5. The van der Waals surface area contributed by atoms with Crippen molar-refractivity contribution in [2.24, 2.45) is 0 Å². The molecule has 2 N–H and O–H groups in total. The van der Waals surface area contributed by atoms with Crippen molar-refractivity contribution in [3.8, 4) is 11.1 Å². The van der Waals surface area contributed by atoms with Gasteiger partial charge in [0.15, 0.2) is 0 Å². The molecule has 238 valence electrons. The summed E-state index contributed by atoms with van der Waals surface area (Å²) < 4.78 is 45.3. The lowest BCUT2D eigenvalue weighted by Gasteiger charge is -2.27. The number of nitrogens with one attached hydrogen (secondary N) is 1. The van der Waals surface area contributed by atoms with Crippen LogP contribution in [0, 0.1) is 0 Å². The van der Waals surface area contributed by atoms with E-state index in [1.807, 2.05) is 48.5 Å². The molecule has 5 rings (SSSR count). The molecule has 1 aliphatic carbocycles. The van der Waals surface area contributed by atoms with Gasteiger partial charge in [0.1, 0.15) is 19.2 Å². The summed E-state index contributed by atoms with van der Waals surface area (Å²) in [5.41, 5.74) is 3.62. The Labute approximate surface area is 272 Å². The Kier molecular flexibility index (Phi) is 9.88. The van der Waals surface area contributed by atoms with Gasteiger partial charge in [-0.25, -0.2) is 4.79 Å². The Morgan fingerprint density at radius 1 is 0.891 bits per heavy atom. The van der Waals surface area contributed by atoms with Gasteiger partial charge in [-0.05, 0) is 77.1 Å². The number of carbonyl (C=O) groups excluding carboxylic acids is 2. The van der Waals surface area contributed by atoms with Crippen LogP contribution in [0.1, 0.15) is 34.6 Å². The topological polar surface area (TPSA) is 95.9 Å². The van der Waals surface area contributed by atoms with Crippen molar-refractivity contribution in [1.29, 1.82) is 0 Å². The number of rotatable bonds is 10. The lowest BCUT2D eigenvalue weighted by Crippen LogP contribution is -2.50. The fourth-order valence-corrected chi connectivity index (χ4v) is 5.97. The molecule has 4 aromatic carbocycles. The van der Waals surface area contributed by atoms with Gasteiger partial charge in [-0.3, -0.25) is 14.5 Å². The number of alkyl carbamates (subject to hydrolysis) is 1. The van der Waals surface area contributed by atoms with Gasteiger partial charge in [-0.15, -0.1) is 0 Å². The molecular formula is C34H27Cl2F3N2O5. The Balaban J connectivity index is 1.37. The molecule has 0 bridgehead atoms. The molecule has 0 spiro atoms. The van der Waals surface area contributed by atoms with Crippen LogP contribution < -0.4 is 10.2 Å². The predicted molar refractivity (Wildman–Crippen MR) is 168 cm³/mol. The summed E-state index contributed by atoms with van der Waals surface area (Å²) >= 11 is 11.9. The molecule has 1 unspecified atom stereocenters. The summed E-state index contributed by atoms with van der Waals surface area (Å²) in [4.78, 5) is 39.8. The van der Waals surface area contributed by atoms with Crippen molar-refractivity contribution in [3.05, 3.63) is 123 Å². The van der Waals surface area contributed by atoms with Crippen molar-refractivity contribution >= 4 is 46.9 Å². The number of aliphatic carboxylic acids is 1. The van der Waals surface area contributed by atoms with Gasteiger partial charge in [-0.2, -0.15) is 13.2 Å². The second-order valence-electron chi connectivity index (χ2n) is 10.7. The summed E-state index contributed by atoms with van der Waals surface area (Å²) in [5.74, 6) is -2.33. The largest absolute Gasteiger partial charge is 0.480 e. The maximum atomic E-state index is 13.8. The van der Waals surface area contributed by atoms with Crippen LogP contribution in [0.2, 0.25) is 10.0 Å². The van der Waals surface area contributed by atoms with Gasteiger partial charge in [0, 0.05) is 16.6 Å². The summed E-state index contributed by atoms with van der Waals surface area (Å²) in [7, 11) is 0. The van der Waals surface area contributed by atoms with E-state index >= 15 is 0 Å². The summed E-state index contributed by atoms with van der Waals surface area (Å²) in [6.07, 6.45) is -5.64. The van der Waals surface area contributed by atoms with Crippen LogP contribution in [0.25, 0.3) is 11.1 Å². The number of hydrogen-bond acceptors (Lipinski definition) is 4. The molecule has 4 aromatic rings. The van der Waals surface area contributed by atoms with E-state index in [0.29, 0.717) is 10.6 Å². The number of carbonyl (C=O) groups is 3. The Morgan fingerprint density at radius 3 is 2.07 bits per heavy atom. The highest BCUT2D eigenvalue weighted by molar-refractivity contribution is 6.31. The molecule has 0 saturated carbocycles. The number of ether oxygens (including phenoxy) is 1. The van der Waals surface area contributed by atoms with Gasteiger partial charge in [0.05, 0.1) is 10.6 Å². The smallest absolute Gasteiger partial charge is 0.417 e. The molecular weight excluding hydrogens is 644 g/mol. The van der Waals surface area contributed by atoms with Crippen LogP contribution in [0.3, 0.4) is 0 Å². The number of carboxylic acid groups (broad SMARTS) is 1. The third kappa shape index (κ3) is 7.46. The van der Waals surface area contributed by atoms with E-state index in [-0.39, 0.29) is 31.1 Å². The summed E-state index contributed by atoms with van der Waals surface area (Å²) in [6.45, 7) is -0.763. The molecule has 1 atom stereocenters. The van der Waals surface area contributed by atoms with E-state index in [0.717, 1.165) is 39.3 Å². The molecule has 0 saturated heterocycles. The van der Waals surface area contributed by atoms with Crippen molar-refractivity contribution < 1.29 is 37.4 Å². The van der Waals surface area contributed by atoms with E-state index in [2.05, 4.69) is 5.32 Å². The molecule has 46 heavy (non-hydrogen) atoms. The first kappa shape index (κ1) is 32.8. The van der Waals surface area contributed by atoms with Crippen LogP contribution in [-0.4, -0.2) is 42.3 Å². The lowest BCUT2D eigenvalue weighted by atomic mass is 9.98. The first-order valence-corrected chi connectivity index (χ1v) is 14.9. The molecule has 1 aliphatic rings. The van der Waals surface area contributed by atoms with Crippen LogP contribution in [-0.2, 0) is 26.9 Å². The van der Waals surface area contributed by atoms with Gasteiger partial charge in [0.25, 0.3) is 0 Å². The maximum Gasteiger partial charge on any atom is 0.417 e. The number of alkyl halides is 3. The SMILES string of the molecule is O=C(O)CN(C(=O)C(CCc1ccc(C(F)(F)F)c(Cl)c1)NC(=O)OCC1c2ccccc2-c2ccccc21)c1ccc(Cl)cc1. The second kappa shape index (κ2) is 13.8. The zero-order valence-electron chi connectivity index (χ0n) is 24.1. The van der Waals surface area contributed by atoms with Crippen LogP contribution in [0.5, 0.6) is 0 Å². The Morgan fingerprint density at radius 2 is 1.50 bits per heavy atom. The number of carboxylic acids is 1. The number of hydrogen-bond donors (Lipinski definition) is 2. The monoisotopic (exact) mass is 670 g/mol. The fourth-order valence-electron chi connectivity index (χ4n) is 5.54. The predicted octanol–water partition coefficient (Wildman–Crippen LogP) is 7.97. The third-order valence-corrected chi connectivity index (χ3v) is 8.26. The van der Waals surface area contributed by atoms with Gasteiger partial charge in [0.2, 0.25) is 5.91 Å². The molecule has 12 heteroatoms. The number of benzene rings is 4. The van der Waals surface area contributed by atoms with Crippen LogP contribution >= 0.6 is 23.2 Å². The summed E-state index contributed by atoms with van der Waals surface area (Å²) in [6, 6.07) is 23.3. The van der Waals surface area contributed by atoms with Crippen molar-refractivity contribution in [3.63, 3.8) is 0 Å². The number of fused-ring (bicyclic) bond motifs is 3. The van der Waals surface area contributed by atoms with Gasteiger partial charge < -0.3 is 15.2 Å². The van der Waals surface area contributed by atoms with E-state index in [4.69, 9.17) is 27.9 Å². The number of amides is 2. The van der Waals surface area contributed by atoms with Crippen LogP contribution in [0.15, 0.2) is 91.0 Å². The van der Waals surface area contributed by atoms with Gasteiger partial charge in [-0.1, -0.05) is 77.8 Å². The normalized spacial score (nSPS) is 13.0. The van der Waals surface area contributed by atoms with E-state index in [1.165, 1.54) is 30.3 Å². The van der Waals surface area contributed by atoms with E-state index < -0.39 is 47.3 Å². The molecule has 0 radical (unpaired) electrons. The lowest BCUT2D eigenvalue weighted by molar-refractivity contribution is -0.138.